The van der Waals surface area contributed by atoms with Crippen molar-refractivity contribution in [2.45, 2.75) is 24.9 Å². The summed E-state index contributed by atoms with van der Waals surface area (Å²) < 4.78 is 34.9. The molecule has 0 saturated carbocycles. The Labute approximate surface area is 151 Å². The number of hydrogen-bond donors (Lipinski definition) is 1. The lowest BCUT2D eigenvalue weighted by Gasteiger charge is -2.12. The van der Waals surface area contributed by atoms with Crippen molar-refractivity contribution in [1.29, 1.82) is 0 Å². The van der Waals surface area contributed by atoms with Crippen molar-refractivity contribution in [3.8, 4) is 17.1 Å². The van der Waals surface area contributed by atoms with Crippen LogP contribution in [0.15, 0.2) is 47.5 Å². The molecule has 3 rings (SSSR count). The van der Waals surface area contributed by atoms with Gasteiger partial charge in [0, 0.05) is 18.3 Å². The first-order valence-electron chi connectivity index (χ1n) is 7.89. The van der Waals surface area contributed by atoms with Crippen molar-refractivity contribution in [2.24, 2.45) is 0 Å². The van der Waals surface area contributed by atoms with Crippen LogP contribution in [-0.4, -0.2) is 40.7 Å². The van der Waals surface area contributed by atoms with Gasteiger partial charge in [0.2, 0.25) is 10.0 Å². The lowest BCUT2D eigenvalue weighted by atomic mass is 10.2. The summed E-state index contributed by atoms with van der Waals surface area (Å²) in [6.07, 6.45) is 1.61. The molecule has 2 heterocycles. The largest absolute Gasteiger partial charge is 0.495 e. The van der Waals surface area contributed by atoms with E-state index in [0.717, 1.165) is 0 Å². The second kappa shape index (κ2) is 7.58. The maximum absolute atomic E-state index is 12.8. The van der Waals surface area contributed by atoms with Gasteiger partial charge in [-0.3, -0.25) is 4.98 Å². The Hall–Kier alpha value is -2.85. The number of tetrazole rings is 1. The lowest BCUT2D eigenvalue weighted by Crippen LogP contribution is -2.24. The van der Waals surface area contributed by atoms with Crippen molar-refractivity contribution in [2.75, 3.05) is 7.11 Å². The first-order chi connectivity index (χ1) is 12.5. The van der Waals surface area contributed by atoms with E-state index in [1.54, 1.807) is 41.2 Å². The predicted molar refractivity (Wildman–Crippen MR) is 93.7 cm³/mol. The summed E-state index contributed by atoms with van der Waals surface area (Å²) in [5, 5.41) is 11.5. The Morgan fingerprint density at radius 2 is 2.08 bits per heavy atom. The van der Waals surface area contributed by atoms with Gasteiger partial charge in [-0.2, -0.15) is 0 Å². The van der Waals surface area contributed by atoms with Crippen molar-refractivity contribution in [3.05, 3.63) is 48.3 Å². The number of sulfonamides is 1. The Morgan fingerprint density at radius 1 is 1.23 bits per heavy atom. The van der Waals surface area contributed by atoms with Gasteiger partial charge in [-0.1, -0.05) is 6.07 Å². The summed E-state index contributed by atoms with van der Waals surface area (Å²) in [7, 11) is -2.41. The SMILES string of the molecule is CCn1nnnc1-c1ccc(OC)c(S(=O)(=O)NCc2ccccn2)c1. The van der Waals surface area contributed by atoms with Gasteiger partial charge in [0.05, 0.1) is 19.3 Å². The zero-order chi connectivity index (χ0) is 18.6. The number of aryl methyl sites for hydroxylation is 1. The monoisotopic (exact) mass is 374 g/mol. The Kier molecular flexibility index (Phi) is 5.24. The van der Waals surface area contributed by atoms with Crippen LogP contribution in [0.1, 0.15) is 12.6 Å². The molecular formula is C16H18N6O3S. The van der Waals surface area contributed by atoms with Crippen molar-refractivity contribution >= 4 is 10.0 Å². The minimum atomic E-state index is -3.83. The van der Waals surface area contributed by atoms with E-state index < -0.39 is 10.0 Å². The van der Waals surface area contributed by atoms with Crippen molar-refractivity contribution in [3.63, 3.8) is 0 Å². The van der Waals surface area contributed by atoms with E-state index in [1.807, 2.05) is 6.92 Å². The van der Waals surface area contributed by atoms with Crippen molar-refractivity contribution < 1.29 is 13.2 Å². The summed E-state index contributed by atoms with van der Waals surface area (Å²) in [5.74, 6) is 0.717. The van der Waals surface area contributed by atoms with Crippen LogP contribution in [0.5, 0.6) is 5.75 Å². The van der Waals surface area contributed by atoms with Gasteiger partial charge in [-0.05, 0) is 47.7 Å². The molecule has 0 aliphatic carbocycles. The highest BCUT2D eigenvalue weighted by Crippen LogP contribution is 2.29. The fraction of sp³-hybridized carbons (Fsp3) is 0.250. The van der Waals surface area contributed by atoms with Crippen LogP contribution in [0.3, 0.4) is 0 Å². The highest BCUT2D eigenvalue weighted by atomic mass is 32.2. The van der Waals surface area contributed by atoms with Crippen LogP contribution in [0.25, 0.3) is 11.4 Å². The zero-order valence-corrected chi connectivity index (χ0v) is 15.1. The number of hydrogen-bond acceptors (Lipinski definition) is 7. The third-order valence-electron chi connectivity index (χ3n) is 3.71. The molecule has 0 bridgehead atoms. The maximum atomic E-state index is 12.8. The van der Waals surface area contributed by atoms with Crippen LogP contribution < -0.4 is 9.46 Å². The molecule has 10 heteroatoms. The third-order valence-corrected chi connectivity index (χ3v) is 5.13. The number of rotatable bonds is 7. The molecule has 0 spiro atoms. The summed E-state index contributed by atoms with van der Waals surface area (Å²) in [4.78, 5) is 4.12. The lowest BCUT2D eigenvalue weighted by molar-refractivity contribution is 0.402. The van der Waals surface area contributed by atoms with Gasteiger partial charge in [-0.15, -0.1) is 5.10 Å². The van der Waals surface area contributed by atoms with Gasteiger partial charge >= 0.3 is 0 Å². The van der Waals surface area contributed by atoms with E-state index in [9.17, 15) is 8.42 Å². The molecule has 26 heavy (non-hydrogen) atoms. The molecule has 0 atom stereocenters. The number of nitrogens with one attached hydrogen (secondary N) is 1. The van der Waals surface area contributed by atoms with E-state index in [1.165, 1.54) is 13.2 Å². The number of methoxy groups -OCH3 is 1. The van der Waals surface area contributed by atoms with Crippen LogP contribution in [0.2, 0.25) is 0 Å². The van der Waals surface area contributed by atoms with E-state index >= 15 is 0 Å². The molecule has 9 nitrogen and oxygen atoms in total. The summed E-state index contributed by atoms with van der Waals surface area (Å²) in [6, 6.07) is 10.1. The van der Waals surface area contributed by atoms with Gasteiger partial charge in [0.1, 0.15) is 10.6 Å². The van der Waals surface area contributed by atoms with E-state index in [0.29, 0.717) is 23.6 Å². The Balaban J connectivity index is 1.95. The molecule has 3 aromatic rings. The molecule has 0 aliphatic rings. The molecule has 136 valence electrons. The summed E-state index contributed by atoms with van der Waals surface area (Å²) >= 11 is 0. The fourth-order valence-electron chi connectivity index (χ4n) is 2.40. The van der Waals surface area contributed by atoms with Gasteiger partial charge in [-0.25, -0.2) is 17.8 Å². The second-order valence-corrected chi connectivity index (χ2v) is 7.06. The number of ether oxygens (including phenoxy) is 1. The molecular weight excluding hydrogens is 356 g/mol. The van der Waals surface area contributed by atoms with E-state index in [-0.39, 0.29) is 17.2 Å². The van der Waals surface area contributed by atoms with E-state index in [4.69, 9.17) is 4.74 Å². The average molecular weight is 374 g/mol. The summed E-state index contributed by atoms with van der Waals surface area (Å²) in [5.41, 5.74) is 1.19. The zero-order valence-electron chi connectivity index (χ0n) is 14.3. The number of aromatic nitrogens is 5. The molecule has 1 aromatic carbocycles. The quantitative estimate of drug-likeness (QED) is 0.662. The molecule has 2 aromatic heterocycles. The molecule has 0 saturated heterocycles. The second-order valence-electron chi connectivity index (χ2n) is 5.33. The topological polar surface area (TPSA) is 112 Å². The van der Waals surface area contributed by atoms with E-state index in [2.05, 4.69) is 25.2 Å². The smallest absolute Gasteiger partial charge is 0.244 e. The number of benzene rings is 1. The maximum Gasteiger partial charge on any atom is 0.244 e. The molecule has 0 radical (unpaired) electrons. The summed E-state index contributed by atoms with van der Waals surface area (Å²) in [6.45, 7) is 2.53. The minimum absolute atomic E-state index is 0.0130. The normalized spacial score (nSPS) is 11.5. The molecule has 0 amide bonds. The average Bonchev–Trinajstić information content (AvgIpc) is 3.15. The third kappa shape index (κ3) is 3.70. The van der Waals surface area contributed by atoms with Crippen LogP contribution in [0, 0.1) is 0 Å². The highest BCUT2D eigenvalue weighted by molar-refractivity contribution is 7.89. The van der Waals surface area contributed by atoms with Crippen LogP contribution >= 0.6 is 0 Å². The number of nitrogens with zero attached hydrogens (tertiary/aromatic N) is 5. The van der Waals surface area contributed by atoms with Crippen molar-refractivity contribution in [1.82, 2.24) is 29.9 Å². The molecule has 0 aliphatic heterocycles. The Bertz CT molecular complexity index is 988. The predicted octanol–water partition coefficient (Wildman–Crippen LogP) is 1.24. The fourth-order valence-corrected chi connectivity index (χ4v) is 3.59. The highest BCUT2D eigenvalue weighted by Gasteiger charge is 2.22. The van der Waals surface area contributed by atoms with Gasteiger partial charge < -0.3 is 4.74 Å². The molecule has 1 N–H and O–H groups in total. The molecule has 0 fully saturated rings. The van der Waals surface area contributed by atoms with Crippen LogP contribution in [0.4, 0.5) is 0 Å². The standard InChI is InChI=1S/C16H18N6O3S/c1-3-22-16(19-20-21-22)12-7-8-14(25-2)15(10-12)26(23,24)18-11-13-6-4-5-9-17-13/h4-10,18H,3,11H2,1-2H3. The minimum Gasteiger partial charge on any atom is -0.495 e. The molecule has 0 unspecified atom stereocenters. The van der Waals surface area contributed by atoms with Gasteiger partial charge in [0.15, 0.2) is 5.82 Å². The number of pyridine rings is 1. The van der Waals surface area contributed by atoms with Gasteiger partial charge in [0.25, 0.3) is 0 Å². The Morgan fingerprint density at radius 3 is 2.77 bits per heavy atom. The first-order valence-corrected chi connectivity index (χ1v) is 9.37. The first kappa shape index (κ1) is 18.0. The van der Waals surface area contributed by atoms with Crippen LogP contribution in [-0.2, 0) is 23.1 Å².